The van der Waals surface area contributed by atoms with Crippen molar-refractivity contribution in [2.24, 2.45) is 0 Å². The van der Waals surface area contributed by atoms with Gasteiger partial charge in [0, 0.05) is 11.3 Å². The van der Waals surface area contributed by atoms with Gasteiger partial charge in [0.15, 0.2) is 0 Å². The van der Waals surface area contributed by atoms with E-state index in [9.17, 15) is 9.59 Å². The number of Topliss-reactive ketones (excluding diaryl/α,β-unsaturated/α-hetero) is 1. The molecule has 4 nitrogen and oxygen atoms in total. The quantitative estimate of drug-likeness (QED) is 0.668. The minimum atomic E-state index is -1.44. The van der Waals surface area contributed by atoms with Gasteiger partial charge in [-0.15, -0.1) is 0 Å². The van der Waals surface area contributed by atoms with Gasteiger partial charge in [0.2, 0.25) is 0 Å². The number of rotatable bonds is 4. The Bertz CT molecular complexity index is 452. The van der Waals surface area contributed by atoms with E-state index in [1.807, 2.05) is 11.8 Å². The third kappa shape index (κ3) is 3.26. The van der Waals surface area contributed by atoms with Gasteiger partial charge in [-0.3, -0.25) is 4.79 Å². The van der Waals surface area contributed by atoms with Gasteiger partial charge >= 0.3 is 5.97 Å². The minimum Gasteiger partial charge on any atom is -0.490 e. The molecule has 18 heavy (non-hydrogen) atoms. The second kappa shape index (κ2) is 5.91. The van der Waals surface area contributed by atoms with Crippen molar-refractivity contribution in [2.75, 3.05) is 11.5 Å². The maximum absolute atomic E-state index is 11.3. The third-order valence-corrected chi connectivity index (χ3v) is 3.90. The van der Waals surface area contributed by atoms with Gasteiger partial charge in [-0.25, -0.2) is 4.79 Å². The molecule has 5 heteroatoms. The van der Waals surface area contributed by atoms with Crippen LogP contribution in [0.15, 0.2) is 24.3 Å². The zero-order valence-corrected chi connectivity index (χ0v) is 10.6. The Hall–Kier alpha value is -1.49. The van der Waals surface area contributed by atoms with E-state index < -0.39 is 11.8 Å². The van der Waals surface area contributed by atoms with Crippen LogP contribution < -0.4 is 4.74 Å². The summed E-state index contributed by atoms with van der Waals surface area (Å²) in [6.07, 6.45) is 2.28. The van der Waals surface area contributed by atoms with Crippen molar-refractivity contribution in [2.45, 2.75) is 18.9 Å². The Kier molecular flexibility index (Phi) is 4.25. The van der Waals surface area contributed by atoms with E-state index >= 15 is 0 Å². The fraction of sp³-hybridized carbons (Fsp3) is 0.385. The van der Waals surface area contributed by atoms with Crippen molar-refractivity contribution >= 4 is 23.5 Å². The van der Waals surface area contributed by atoms with Gasteiger partial charge in [-0.1, -0.05) is 12.1 Å². The highest BCUT2D eigenvalue weighted by molar-refractivity contribution is 7.99. The maximum atomic E-state index is 11.3. The van der Waals surface area contributed by atoms with Gasteiger partial charge in [-0.05, 0) is 30.7 Å². The number of carboxylic acid groups (broad SMARTS) is 1. The largest absolute Gasteiger partial charge is 0.490 e. The highest BCUT2D eigenvalue weighted by Crippen LogP contribution is 2.23. The van der Waals surface area contributed by atoms with E-state index in [4.69, 9.17) is 9.84 Å². The SMILES string of the molecule is O=C(O)C(=O)c1cccc(OC2CCCSC2)c1. The van der Waals surface area contributed by atoms with Crippen LogP contribution in [0.2, 0.25) is 0 Å². The van der Waals surface area contributed by atoms with Crippen LogP contribution in [0.4, 0.5) is 0 Å². The first-order chi connectivity index (χ1) is 8.66. The molecule has 1 atom stereocenters. The lowest BCUT2D eigenvalue weighted by molar-refractivity contribution is -0.131. The lowest BCUT2D eigenvalue weighted by Crippen LogP contribution is -2.23. The number of carboxylic acids is 1. The number of carbonyl (C=O) groups is 2. The molecule has 1 unspecified atom stereocenters. The monoisotopic (exact) mass is 266 g/mol. The summed E-state index contributed by atoms with van der Waals surface area (Å²) < 4.78 is 5.76. The van der Waals surface area contributed by atoms with Gasteiger partial charge < -0.3 is 9.84 Å². The molecule has 0 bridgehead atoms. The number of hydrogen-bond donors (Lipinski definition) is 1. The Morgan fingerprint density at radius 1 is 1.39 bits per heavy atom. The molecule has 1 aromatic rings. The first-order valence-electron chi connectivity index (χ1n) is 5.79. The first-order valence-corrected chi connectivity index (χ1v) is 6.94. The second-order valence-corrected chi connectivity index (χ2v) is 5.27. The standard InChI is InChI=1S/C13H14O4S/c14-12(13(15)16)9-3-1-4-10(7-9)17-11-5-2-6-18-8-11/h1,3-4,7,11H,2,5-6,8H2,(H,15,16). The predicted molar refractivity (Wildman–Crippen MR) is 69.4 cm³/mol. The smallest absolute Gasteiger partial charge is 0.377 e. The van der Waals surface area contributed by atoms with Crippen LogP contribution in [0.25, 0.3) is 0 Å². The topological polar surface area (TPSA) is 63.6 Å². The molecule has 1 N–H and O–H groups in total. The van der Waals surface area contributed by atoms with E-state index in [1.54, 1.807) is 12.1 Å². The number of benzene rings is 1. The lowest BCUT2D eigenvalue weighted by atomic mass is 10.1. The van der Waals surface area contributed by atoms with E-state index in [0.717, 1.165) is 24.3 Å². The summed E-state index contributed by atoms with van der Waals surface area (Å²) in [5.41, 5.74) is 0.156. The van der Waals surface area contributed by atoms with E-state index in [2.05, 4.69) is 0 Å². The van der Waals surface area contributed by atoms with Crippen LogP contribution in [-0.2, 0) is 4.79 Å². The van der Waals surface area contributed by atoms with Crippen molar-refractivity contribution in [3.8, 4) is 5.75 Å². The number of thioether (sulfide) groups is 1. The summed E-state index contributed by atoms with van der Waals surface area (Å²) in [7, 11) is 0. The Balaban J connectivity index is 2.07. The molecule has 1 fully saturated rings. The summed E-state index contributed by atoms with van der Waals surface area (Å²) in [6, 6.07) is 6.37. The molecule has 0 saturated carbocycles. The van der Waals surface area contributed by atoms with Gasteiger partial charge in [0.1, 0.15) is 11.9 Å². The maximum Gasteiger partial charge on any atom is 0.377 e. The fourth-order valence-electron chi connectivity index (χ4n) is 1.83. The number of aliphatic carboxylic acids is 1. The van der Waals surface area contributed by atoms with Crippen LogP contribution in [0, 0.1) is 0 Å². The Morgan fingerprint density at radius 2 is 2.22 bits per heavy atom. The molecule has 0 radical (unpaired) electrons. The Labute approximate surface area is 109 Å². The van der Waals surface area contributed by atoms with Crippen molar-refractivity contribution in [3.63, 3.8) is 0 Å². The average molecular weight is 266 g/mol. The number of carbonyl (C=O) groups excluding carboxylic acids is 1. The normalized spacial score (nSPS) is 19.2. The molecule has 1 heterocycles. The van der Waals surface area contributed by atoms with Crippen molar-refractivity contribution < 1.29 is 19.4 Å². The van der Waals surface area contributed by atoms with Crippen LogP contribution in [0.3, 0.4) is 0 Å². The third-order valence-electron chi connectivity index (χ3n) is 2.71. The van der Waals surface area contributed by atoms with Crippen molar-refractivity contribution in [1.29, 1.82) is 0 Å². The van der Waals surface area contributed by atoms with Crippen LogP contribution >= 0.6 is 11.8 Å². The van der Waals surface area contributed by atoms with E-state index in [1.165, 1.54) is 12.1 Å². The lowest BCUT2D eigenvalue weighted by Gasteiger charge is -2.22. The molecular formula is C13H14O4S. The number of ether oxygens (including phenoxy) is 1. The summed E-state index contributed by atoms with van der Waals surface area (Å²) >= 11 is 1.85. The zero-order chi connectivity index (χ0) is 13.0. The molecule has 0 aromatic heterocycles. The highest BCUT2D eigenvalue weighted by atomic mass is 32.2. The summed E-state index contributed by atoms with van der Waals surface area (Å²) in [5, 5.41) is 8.65. The molecule has 96 valence electrons. The zero-order valence-electron chi connectivity index (χ0n) is 9.80. The summed E-state index contributed by atoms with van der Waals surface area (Å²) in [5.74, 6) is 0.322. The Morgan fingerprint density at radius 3 is 2.89 bits per heavy atom. The van der Waals surface area contributed by atoms with Crippen LogP contribution in [0.1, 0.15) is 23.2 Å². The summed E-state index contributed by atoms with van der Waals surface area (Å²) in [4.78, 5) is 21.9. The molecule has 1 aliphatic heterocycles. The summed E-state index contributed by atoms with van der Waals surface area (Å²) in [6.45, 7) is 0. The van der Waals surface area contributed by atoms with Crippen molar-refractivity contribution in [1.82, 2.24) is 0 Å². The first kappa shape index (κ1) is 13.0. The van der Waals surface area contributed by atoms with Crippen LogP contribution in [-0.4, -0.2) is 34.5 Å². The number of ketones is 1. The van der Waals surface area contributed by atoms with Gasteiger partial charge in [0.25, 0.3) is 5.78 Å². The number of hydrogen-bond acceptors (Lipinski definition) is 4. The van der Waals surface area contributed by atoms with Gasteiger partial charge in [0.05, 0.1) is 0 Å². The van der Waals surface area contributed by atoms with Crippen LogP contribution in [0.5, 0.6) is 5.75 Å². The molecule has 1 aliphatic rings. The van der Waals surface area contributed by atoms with Gasteiger partial charge in [-0.2, -0.15) is 11.8 Å². The molecule has 0 amide bonds. The highest BCUT2D eigenvalue weighted by Gasteiger charge is 2.18. The van der Waals surface area contributed by atoms with E-state index in [-0.39, 0.29) is 11.7 Å². The van der Waals surface area contributed by atoms with E-state index in [0.29, 0.717) is 5.75 Å². The molecule has 2 rings (SSSR count). The molecule has 0 aliphatic carbocycles. The molecule has 0 spiro atoms. The fourth-order valence-corrected chi connectivity index (χ4v) is 2.87. The second-order valence-electron chi connectivity index (χ2n) is 4.12. The average Bonchev–Trinajstić information content (AvgIpc) is 2.39. The predicted octanol–water partition coefficient (Wildman–Crippen LogP) is 2.23. The molecule has 1 aromatic carbocycles. The molecule has 1 saturated heterocycles. The molecular weight excluding hydrogens is 252 g/mol. The van der Waals surface area contributed by atoms with Crippen molar-refractivity contribution in [3.05, 3.63) is 29.8 Å². The minimum absolute atomic E-state index is 0.152.